The van der Waals surface area contributed by atoms with E-state index in [4.69, 9.17) is 5.73 Å². The molecule has 1 heterocycles. The maximum absolute atomic E-state index is 5.77. The van der Waals surface area contributed by atoms with Gasteiger partial charge in [-0.25, -0.2) is 0 Å². The van der Waals surface area contributed by atoms with Crippen LogP contribution in [-0.2, 0) is 0 Å². The van der Waals surface area contributed by atoms with Crippen molar-refractivity contribution >= 4 is 0 Å². The van der Waals surface area contributed by atoms with Crippen molar-refractivity contribution < 1.29 is 0 Å². The van der Waals surface area contributed by atoms with E-state index in [9.17, 15) is 0 Å². The zero-order valence-corrected chi connectivity index (χ0v) is 10.8. The van der Waals surface area contributed by atoms with Crippen molar-refractivity contribution in [1.29, 1.82) is 0 Å². The minimum Gasteiger partial charge on any atom is -0.330 e. The van der Waals surface area contributed by atoms with Crippen molar-refractivity contribution in [2.45, 2.75) is 33.7 Å². The summed E-state index contributed by atoms with van der Waals surface area (Å²) in [7, 11) is 0. The van der Waals surface area contributed by atoms with Gasteiger partial charge in [0.25, 0.3) is 0 Å². The number of rotatable bonds is 4. The van der Waals surface area contributed by atoms with E-state index < -0.39 is 0 Å². The van der Waals surface area contributed by atoms with Crippen LogP contribution in [0.25, 0.3) is 0 Å². The molecule has 1 atom stereocenters. The lowest BCUT2D eigenvalue weighted by Gasteiger charge is -2.42. The lowest BCUT2D eigenvalue weighted by Crippen LogP contribution is -2.54. The summed E-state index contributed by atoms with van der Waals surface area (Å²) < 4.78 is 0. The molecule has 90 valence electrons. The summed E-state index contributed by atoms with van der Waals surface area (Å²) in [5.74, 6) is 0. The highest BCUT2D eigenvalue weighted by Crippen LogP contribution is 2.18. The molecule has 3 nitrogen and oxygen atoms in total. The zero-order valence-electron chi connectivity index (χ0n) is 10.8. The molecule has 0 saturated carbocycles. The molecular weight excluding hydrogens is 186 g/mol. The lowest BCUT2D eigenvalue weighted by molar-refractivity contribution is 0.0641. The minimum absolute atomic E-state index is 0.258. The van der Waals surface area contributed by atoms with E-state index in [0.29, 0.717) is 6.04 Å². The molecule has 1 unspecified atom stereocenters. The Bertz CT molecular complexity index is 191. The van der Waals surface area contributed by atoms with Gasteiger partial charge in [0, 0.05) is 32.2 Å². The van der Waals surface area contributed by atoms with Gasteiger partial charge in [-0.1, -0.05) is 20.8 Å². The summed E-state index contributed by atoms with van der Waals surface area (Å²) in [6.45, 7) is 15.8. The van der Waals surface area contributed by atoms with Gasteiger partial charge in [-0.05, 0) is 25.4 Å². The van der Waals surface area contributed by atoms with Gasteiger partial charge in [-0.15, -0.1) is 0 Å². The molecule has 0 bridgehead atoms. The Kier molecular flexibility index (Phi) is 4.56. The lowest BCUT2D eigenvalue weighted by atomic mass is 9.92. The third-order valence-electron chi connectivity index (χ3n) is 3.46. The maximum Gasteiger partial charge on any atom is 0.0195 e. The van der Waals surface area contributed by atoms with Crippen molar-refractivity contribution in [2.75, 3.05) is 39.3 Å². The summed E-state index contributed by atoms with van der Waals surface area (Å²) in [6, 6.07) is 0.692. The number of hydrogen-bond donors (Lipinski definition) is 1. The Morgan fingerprint density at radius 2 is 2.00 bits per heavy atom. The quantitative estimate of drug-likeness (QED) is 0.756. The molecule has 3 heteroatoms. The van der Waals surface area contributed by atoms with Crippen LogP contribution in [0.2, 0.25) is 0 Å². The molecule has 0 spiro atoms. The molecule has 1 aliphatic rings. The highest BCUT2D eigenvalue weighted by Gasteiger charge is 2.26. The SMILES string of the molecule is CCN1CCN(CC(C)(C)CN)CC1C. The topological polar surface area (TPSA) is 32.5 Å². The average Bonchev–Trinajstić information content (AvgIpc) is 2.17. The first-order valence-corrected chi connectivity index (χ1v) is 6.15. The third kappa shape index (κ3) is 3.74. The van der Waals surface area contributed by atoms with E-state index in [1.807, 2.05) is 0 Å². The summed E-state index contributed by atoms with van der Waals surface area (Å²) in [5, 5.41) is 0. The Balaban J connectivity index is 2.41. The summed E-state index contributed by atoms with van der Waals surface area (Å²) in [5.41, 5.74) is 6.03. The molecule has 0 radical (unpaired) electrons. The molecule has 1 aliphatic heterocycles. The molecular formula is C12H27N3. The molecule has 0 aromatic rings. The van der Waals surface area contributed by atoms with Gasteiger partial charge in [0.05, 0.1) is 0 Å². The Hall–Kier alpha value is -0.120. The highest BCUT2D eigenvalue weighted by molar-refractivity contribution is 4.82. The van der Waals surface area contributed by atoms with E-state index in [1.165, 1.54) is 26.2 Å². The van der Waals surface area contributed by atoms with Crippen molar-refractivity contribution in [3.63, 3.8) is 0 Å². The molecule has 0 aromatic heterocycles. The fourth-order valence-electron chi connectivity index (χ4n) is 2.35. The van der Waals surface area contributed by atoms with Gasteiger partial charge in [-0.3, -0.25) is 9.80 Å². The second-order valence-corrected chi connectivity index (χ2v) is 5.58. The van der Waals surface area contributed by atoms with Gasteiger partial charge in [0.2, 0.25) is 0 Å². The molecule has 0 aromatic carbocycles. The van der Waals surface area contributed by atoms with Gasteiger partial charge in [-0.2, -0.15) is 0 Å². The van der Waals surface area contributed by atoms with Crippen molar-refractivity contribution in [3.05, 3.63) is 0 Å². The second-order valence-electron chi connectivity index (χ2n) is 5.58. The van der Waals surface area contributed by atoms with Crippen LogP contribution in [-0.4, -0.2) is 55.1 Å². The van der Waals surface area contributed by atoms with Gasteiger partial charge >= 0.3 is 0 Å². The number of hydrogen-bond acceptors (Lipinski definition) is 3. The molecule has 1 fully saturated rings. The highest BCUT2D eigenvalue weighted by atomic mass is 15.3. The summed E-state index contributed by atoms with van der Waals surface area (Å²) >= 11 is 0. The fourth-order valence-corrected chi connectivity index (χ4v) is 2.35. The number of nitrogens with zero attached hydrogens (tertiary/aromatic N) is 2. The Labute approximate surface area is 94.6 Å². The number of likely N-dealkylation sites (N-methyl/N-ethyl adjacent to an activating group) is 1. The van der Waals surface area contributed by atoms with E-state index in [0.717, 1.165) is 13.1 Å². The maximum atomic E-state index is 5.77. The molecule has 0 aliphatic carbocycles. The van der Waals surface area contributed by atoms with Crippen molar-refractivity contribution in [1.82, 2.24) is 9.80 Å². The van der Waals surface area contributed by atoms with Crippen LogP contribution in [0.15, 0.2) is 0 Å². The molecule has 1 rings (SSSR count). The first-order chi connectivity index (χ1) is 6.98. The van der Waals surface area contributed by atoms with Crippen LogP contribution in [0.4, 0.5) is 0 Å². The standard InChI is InChI=1S/C12H27N3/c1-5-15-7-6-14(8-11(15)2)10-12(3,4)9-13/h11H,5-10,13H2,1-4H3. The van der Waals surface area contributed by atoms with Crippen LogP contribution in [0.5, 0.6) is 0 Å². The summed E-state index contributed by atoms with van der Waals surface area (Å²) in [6.07, 6.45) is 0. The van der Waals surface area contributed by atoms with Gasteiger partial charge < -0.3 is 5.73 Å². The number of nitrogens with two attached hydrogens (primary N) is 1. The second kappa shape index (κ2) is 5.28. The first-order valence-electron chi connectivity index (χ1n) is 6.15. The van der Waals surface area contributed by atoms with Crippen LogP contribution in [0.3, 0.4) is 0 Å². The van der Waals surface area contributed by atoms with Crippen molar-refractivity contribution in [3.8, 4) is 0 Å². The molecule has 15 heavy (non-hydrogen) atoms. The molecule has 0 amide bonds. The van der Waals surface area contributed by atoms with E-state index >= 15 is 0 Å². The summed E-state index contributed by atoms with van der Waals surface area (Å²) in [4.78, 5) is 5.11. The fraction of sp³-hybridized carbons (Fsp3) is 1.00. The Morgan fingerprint density at radius 1 is 1.33 bits per heavy atom. The normalized spacial score (nSPS) is 25.8. The smallest absolute Gasteiger partial charge is 0.0195 e. The third-order valence-corrected chi connectivity index (χ3v) is 3.46. The predicted octanol–water partition coefficient (Wildman–Crippen LogP) is 0.997. The largest absolute Gasteiger partial charge is 0.330 e. The predicted molar refractivity (Wildman–Crippen MR) is 66.0 cm³/mol. The van der Waals surface area contributed by atoms with Crippen LogP contribution >= 0.6 is 0 Å². The van der Waals surface area contributed by atoms with Crippen LogP contribution < -0.4 is 5.73 Å². The van der Waals surface area contributed by atoms with Crippen LogP contribution in [0, 0.1) is 5.41 Å². The molecule has 1 saturated heterocycles. The van der Waals surface area contributed by atoms with E-state index in [2.05, 4.69) is 37.5 Å². The zero-order chi connectivity index (χ0) is 11.5. The minimum atomic E-state index is 0.258. The van der Waals surface area contributed by atoms with E-state index in [1.54, 1.807) is 0 Å². The van der Waals surface area contributed by atoms with E-state index in [-0.39, 0.29) is 5.41 Å². The first kappa shape index (κ1) is 12.9. The number of piperazine rings is 1. The van der Waals surface area contributed by atoms with Gasteiger partial charge in [0.1, 0.15) is 0 Å². The molecule has 2 N–H and O–H groups in total. The van der Waals surface area contributed by atoms with Crippen molar-refractivity contribution in [2.24, 2.45) is 11.1 Å². The monoisotopic (exact) mass is 213 g/mol. The van der Waals surface area contributed by atoms with Crippen LogP contribution in [0.1, 0.15) is 27.7 Å². The van der Waals surface area contributed by atoms with Gasteiger partial charge in [0.15, 0.2) is 0 Å². The Morgan fingerprint density at radius 3 is 2.47 bits per heavy atom. The average molecular weight is 213 g/mol.